The Morgan fingerprint density at radius 1 is 1.08 bits per heavy atom. The van der Waals surface area contributed by atoms with E-state index in [2.05, 4.69) is 15.3 Å². The summed E-state index contributed by atoms with van der Waals surface area (Å²) in [5.74, 6) is 2.38. The number of nitrogens with one attached hydrogen (secondary N) is 1. The molecule has 0 radical (unpaired) electrons. The molecule has 0 amide bonds. The molecule has 0 atom stereocenters. The van der Waals surface area contributed by atoms with Crippen molar-refractivity contribution in [2.75, 3.05) is 19.0 Å². The fourth-order valence-corrected chi connectivity index (χ4v) is 2.95. The molecule has 2 aromatic heterocycles. The first-order valence-corrected chi connectivity index (χ1v) is 7.82. The molecule has 1 N–H and O–H groups in total. The Bertz CT molecular complexity index is 866. The van der Waals surface area contributed by atoms with Gasteiger partial charge in [0.25, 0.3) is 0 Å². The monoisotopic (exact) mass is 319 g/mol. The Labute approximate surface area is 140 Å². The van der Waals surface area contributed by atoms with E-state index in [0.717, 1.165) is 46.1 Å². The molecule has 1 aromatic carbocycles. The minimum absolute atomic E-state index is 0.661. The van der Waals surface area contributed by atoms with Gasteiger partial charge in [0.05, 0.1) is 13.7 Å². The van der Waals surface area contributed by atoms with Gasteiger partial charge in [-0.1, -0.05) is 18.2 Å². The van der Waals surface area contributed by atoms with Gasteiger partial charge in [-0.25, -0.2) is 4.98 Å². The number of pyridine rings is 2. The molecular weight excluding hydrogens is 302 g/mol. The van der Waals surface area contributed by atoms with Gasteiger partial charge < -0.3 is 14.8 Å². The molecule has 120 valence electrons. The Morgan fingerprint density at radius 3 is 2.75 bits per heavy atom. The number of nitrogens with zero attached hydrogens (tertiary/aromatic N) is 2. The van der Waals surface area contributed by atoms with Gasteiger partial charge in [-0.05, 0) is 18.2 Å². The molecule has 24 heavy (non-hydrogen) atoms. The number of hydrogen-bond acceptors (Lipinski definition) is 5. The fourth-order valence-electron chi connectivity index (χ4n) is 2.95. The number of aromatic nitrogens is 2. The average Bonchev–Trinajstić information content (AvgIpc) is 3.13. The summed E-state index contributed by atoms with van der Waals surface area (Å²) in [5.41, 5.74) is 4.18. The normalized spacial score (nSPS) is 12.4. The minimum atomic E-state index is 0.661. The highest BCUT2D eigenvalue weighted by molar-refractivity contribution is 5.79. The molecule has 5 heteroatoms. The molecule has 0 spiro atoms. The third-order valence-electron chi connectivity index (χ3n) is 4.08. The predicted molar refractivity (Wildman–Crippen MR) is 92.9 cm³/mol. The summed E-state index contributed by atoms with van der Waals surface area (Å²) in [6.45, 7) is 0.661. The fraction of sp³-hybridized carbons (Fsp3) is 0.158. The van der Waals surface area contributed by atoms with Crippen LogP contribution in [-0.2, 0) is 6.42 Å². The van der Waals surface area contributed by atoms with Gasteiger partial charge in [0.2, 0.25) is 0 Å². The molecule has 0 saturated carbocycles. The topological polar surface area (TPSA) is 56.3 Å². The van der Waals surface area contributed by atoms with Gasteiger partial charge in [-0.3, -0.25) is 4.98 Å². The van der Waals surface area contributed by atoms with E-state index >= 15 is 0 Å². The molecule has 4 rings (SSSR count). The molecule has 3 heterocycles. The first kappa shape index (κ1) is 14.5. The van der Waals surface area contributed by atoms with Crippen LogP contribution in [0.2, 0.25) is 0 Å². The molecular formula is C19H17N3O2. The second-order valence-electron chi connectivity index (χ2n) is 5.49. The molecule has 0 fully saturated rings. The number of rotatable bonds is 4. The van der Waals surface area contributed by atoms with Crippen LogP contribution in [0.3, 0.4) is 0 Å². The van der Waals surface area contributed by atoms with E-state index in [4.69, 9.17) is 9.47 Å². The molecule has 0 aliphatic carbocycles. The van der Waals surface area contributed by atoms with Crippen LogP contribution in [0, 0.1) is 0 Å². The Kier molecular flexibility index (Phi) is 3.75. The molecule has 3 aromatic rings. The lowest BCUT2D eigenvalue weighted by Gasteiger charge is -2.14. The van der Waals surface area contributed by atoms with Gasteiger partial charge in [0, 0.05) is 47.4 Å². The van der Waals surface area contributed by atoms with Gasteiger partial charge in [0.15, 0.2) is 11.6 Å². The van der Waals surface area contributed by atoms with Gasteiger partial charge in [0.1, 0.15) is 5.75 Å². The van der Waals surface area contributed by atoms with E-state index < -0.39 is 0 Å². The second-order valence-corrected chi connectivity index (χ2v) is 5.49. The number of anilines is 2. The van der Waals surface area contributed by atoms with Crippen molar-refractivity contribution < 1.29 is 9.47 Å². The number of ether oxygens (including phenoxy) is 2. The Balaban J connectivity index is 1.78. The highest BCUT2D eigenvalue weighted by atomic mass is 16.5. The molecule has 1 aliphatic heterocycles. The number of fused-ring (bicyclic) bond motifs is 1. The van der Waals surface area contributed by atoms with Crippen molar-refractivity contribution in [2.45, 2.75) is 6.42 Å². The first-order chi connectivity index (χ1) is 11.9. The number of hydrogen-bond donors (Lipinski definition) is 1. The zero-order valence-corrected chi connectivity index (χ0v) is 13.3. The molecule has 5 nitrogen and oxygen atoms in total. The summed E-state index contributed by atoms with van der Waals surface area (Å²) in [7, 11) is 1.68. The highest BCUT2D eigenvalue weighted by Crippen LogP contribution is 2.42. The van der Waals surface area contributed by atoms with Crippen LogP contribution in [0.4, 0.5) is 11.5 Å². The molecule has 0 bridgehead atoms. The SMILES string of the molecule is COc1ccccc1-c1cnc(Nc2ccncc2)c2c1CCO2. The summed E-state index contributed by atoms with van der Waals surface area (Å²) < 4.78 is 11.4. The third-order valence-corrected chi connectivity index (χ3v) is 4.08. The van der Waals surface area contributed by atoms with E-state index in [9.17, 15) is 0 Å². The van der Waals surface area contributed by atoms with Crippen molar-refractivity contribution in [3.63, 3.8) is 0 Å². The summed E-state index contributed by atoms with van der Waals surface area (Å²) in [5, 5.41) is 3.30. The van der Waals surface area contributed by atoms with Crippen LogP contribution >= 0.6 is 0 Å². The van der Waals surface area contributed by atoms with Crippen LogP contribution in [0.15, 0.2) is 55.0 Å². The van der Waals surface area contributed by atoms with Gasteiger partial charge in [-0.15, -0.1) is 0 Å². The van der Waals surface area contributed by atoms with E-state index in [1.807, 2.05) is 42.6 Å². The highest BCUT2D eigenvalue weighted by Gasteiger charge is 2.23. The first-order valence-electron chi connectivity index (χ1n) is 7.82. The van der Waals surface area contributed by atoms with Crippen molar-refractivity contribution >= 4 is 11.5 Å². The number of methoxy groups -OCH3 is 1. The summed E-state index contributed by atoms with van der Waals surface area (Å²) >= 11 is 0. The second kappa shape index (κ2) is 6.20. The standard InChI is InChI=1S/C19H17N3O2/c1-23-17-5-3-2-4-14(17)16-12-21-19(18-15(16)8-11-24-18)22-13-6-9-20-10-7-13/h2-7,9-10,12H,8,11H2,1H3,(H,20,21,22). The lowest BCUT2D eigenvalue weighted by Crippen LogP contribution is -1.99. The van der Waals surface area contributed by atoms with Crippen LogP contribution in [0.25, 0.3) is 11.1 Å². The van der Waals surface area contributed by atoms with Crippen LogP contribution < -0.4 is 14.8 Å². The Morgan fingerprint density at radius 2 is 1.92 bits per heavy atom. The van der Waals surface area contributed by atoms with Crippen LogP contribution in [0.5, 0.6) is 11.5 Å². The predicted octanol–water partition coefficient (Wildman–Crippen LogP) is 3.83. The lowest BCUT2D eigenvalue weighted by atomic mass is 9.99. The number of para-hydroxylation sites is 1. The summed E-state index contributed by atoms with van der Waals surface area (Å²) in [6, 6.07) is 11.8. The van der Waals surface area contributed by atoms with E-state index in [1.165, 1.54) is 0 Å². The van der Waals surface area contributed by atoms with Crippen molar-refractivity contribution in [2.24, 2.45) is 0 Å². The zero-order valence-electron chi connectivity index (χ0n) is 13.3. The summed E-state index contributed by atoms with van der Waals surface area (Å²) in [6.07, 6.45) is 6.23. The van der Waals surface area contributed by atoms with Crippen molar-refractivity contribution in [3.05, 3.63) is 60.6 Å². The minimum Gasteiger partial charge on any atom is -0.496 e. The largest absolute Gasteiger partial charge is 0.496 e. The average molecular weight is 319 g/mol. The maximum Gasteiger partial charge on any atom is 0.173 e. The van der Waals surface area contributed by atoms with E-state index in [-0.39, 0.29) is 0 Å². The van der Waals surface area contributed by atoms with Crippen molar-refractivity contribution in [1.82, 2.24) is 9.97 Å². The van der Waals surface area contributed by atoms with E-state index in [1.54, 1.807) is 19.5 Å². The molecule has 1 aliphatic rings. The lowest BCUT2D eigenvalue weighted by molar-refractivity contribution is 0.357. The summed E-state index contributed by atoms with van der Waals surface area (Å²) in [4.78, 5) is 8.61. The molecule has 0 unspecified atom stereocenters. The third kappa shape index (κ3) is 2.54. The number of benzene rings is 1. The van der Waals surface area contributed by atoms with E-state index in [0.29, 0.717) is 6.61 Å². The molecule has 0 saturated heterocycles. The maximum absolute atomic E-state index is 5.86. The van der Waals surface area contributed by atoms with Crippen molar-refractivity contribution in [1.29, 1.82) is 0 Å². The van der Waals surface area contributed by atoms with Gasteiger partial charge >= 0.3 is 0 Å². The van der Waals surface area contributed by atoms with Crippen LogP contribution in [-0.4, -0.2) is 23.7 Å². The zero-order chi connectivity index (χ0) is 16.4. The van der Waals surface area contributed by atoms with Crippen LogP contribution in [0.1, 0.15) is 5.56 Å². The van der Waals surface area contributed by atoms with Crippen molar-refractivity contribution in [3.8, 4) is 22.6 Å². The quantitative estimate of drug-likeness (QED) is 0.792. The van der Waals surface area contributed by atoms with Gasteiger partial charge in [-0.2, -0.15) is 0 Å². The Hall–Kier alpha value is -3.08. The maximum atomic E-state index is 5.86. The smallest absolute Gasteiger partial charge is 0.173 e.